The van der Waals surface area contributed by atoms with Crippen LogP contribution in [0.25, 0.3) is 0 Å². The van der Waals surface area contributed by atoms with Crippen LogP contribution >= 0.6 is 0 Å². The van der Waals surface area contributed by atoms with Crippen molar-refractivity contribution in [3.8, 4) is 0 Å². The second-order valence-corrected chi connectivity index (χ2v) is 7.17. The molecule has 0 aromatic heterocycles. The number of carbonyl (C=O) groups excluding carboxylic acids is 2. The number of carbonyl (C=O) groups is 2. The Morgan fingerprint density at radius 2 is 1.90 bits per heavy atom. The summed E-state index contributed by atoms with van der Waals surface area (Å²) in [5, 5.41) is 3.27. The molecule has 29 heavy (non-hydrogen) atoms. The Labute approximate surface area is 164 Å². The summed E-state index contributed by atoms with van der Waals surface area (Å²) in [6, 6.07) is 12.3. The lowest BCUT2D eigenvalue weighted by Crippen LogP contribution is -2.44. The molecule has 2 heterocycles. The molecular weight excluding hydrogens is 387 g/mol. The van der Waals surface area contributed by atoms with E-state index in [-0.39, 0.29) is 18.0 Å². The first-order chi connectivity index (χ1) is 13.8. The fourth-order valence-corrected chi connectivity index (χ4v) is 4.10. The highest BCUT2D eigenvalue weighted by Crippen LogP contribution is 2.51. The molecule has 1 fully saturated rings. The number of halogens is 3. The summed E-state index contributed by atoms with van der Waals surface area (Å²) in [7, 11) is 1.18. The van der Waals surface area contributed by atoms with Crippen molar-refractivity contribution >= 4 is 17.6 Å². The van der Waals surface area contributed by atoms with E-state index in [0.717, 1.165) is 17.7 Å². The maximum Gasteiger partial charge on any atom is 0.416 e. The van der Waals surface area contributed by atoms with Crippen LogP contribution < -0.4 is 5.32 Å². The molecule has 0 spiro atoms. The standard InChI is InChI=1S/C21H18F3NO4/c1-28-19(26)15-10-14-17(11-5-3-2-4-6-11)25-16-8-7-12(21(22,23)24)9-13(16)18(14)29-20(15)27/h2-9,14-15,17-18,25H,10H2,1H3/t14-,15?,17-,18+/m0/s1. The van der Waals surface area contributed by atoms with Crippen molar-refractivity contribution in [3.05, 3.63) is 65.2 Å². The van der Waals surface area contributed by atoms with Crippen molar-refractivity contribution in [3.63, 3.8) is 0 Å². The predicted molar refractivity (Wildman–Crippen MR) is 96.7 cm³/mol. The van der Waals surface area contributed by atoms with Gasteiger partial charge in [0.2, 0.25) is 0 Å². The summed E-state index contributed by atoms with van der Waals surface area (Å²) in [6.45, 7) is 0. The van der Waals surface area contributed by atoms with Gasteiger partial charge >= 0.3 is 18.1 Å². The van der Waals surface area contributed by atoms with Gasteiger partial charge in [0.15, 0.2) is 5.92 Å². The van der Waals surface area contributed by atoms with E-state index < -0.39 is 41.6 Å². The van der Waals surface area contributed by atoms with Gasteiger partial charge in [-0.15, -0.1) is 0 Å². The number of methoxy groups -OCH3 is 1. The monoisotopic (exact) mass is 405 g/mol. The third kappa shape index (κ3) is 3.43. The van der Waals surface area contributed by atoms with E-state index >= 15 is 0 Å². The summed E-state index contributed by atoms with van der Waals surface area (Å²) in [6.07, 6.45) is -5.31. The van der Waals surface area contributed by atoms with Gasteiger partial charge in [0, 0.05) is 17.2 Å². The number of fused-ring (bicyclic) bond motifs is 3. The fraction of sp³-hybridized carbons (Fsp3) is 0.333. The van der Waals surface area contributed by atoms with Crippen LogP contribution in [0.1, 0.15) is 35.3 Å². The SMILES string of the molecule is COC(=O)C1C[C@@H]2[C@H](OC1=O)c1cc(C(F)(F)F)ccc1N[C@H]2c1ccccc1. The molecule has 0 radical (unpaired) electrons. The summed E-state index contributed by atoms with van der Waals surface area (Å²) < 4.78 is 49.9. The van der Waals surface area contributed by atoms with E-state index in [1.165, 1.54) is 13.2 Å². The van der Waals surface area contributed by atoms with Crippen molar-refractivity contribution in [2.75, 3.05) is 12.4 Å². The minimum atomic E-state index is -4.52. The minimum absolute atomic E-state index is 0.110. The van der Waals surface area contributed by atoms with E-state index in [1.54, 1.807) is 0 Å². The summed E-state index contributed by atoms with van der Waals surface area (Å²) in [4.78, 5) is 24.5. The third-order valence-corrected chi connectivity index (χ3v) is 5.49. The molecule has 8 heteroatoms. The molecule has 2 aromatic carbocycles. The average molecular weight is 405 g/mol. The molecule has 1 unspecified atom stereocenters. The number of alkyl halides is 3. The lowest BCUT2D eigenvalue weighted by molar-refractivity contribution is -0.176. The molecule has 2 aliphatic heterocycles. The predicted octanol–water partition coefficient (Wildman–Crippen LogP) is 4.27. The Balaban J connectivity index is 1.80. The van der Waals surface area contributed by atoms with E-state index in [0.29, 0.717) is 5.69 Å². The van der Waals surface area contributed by atoms with Crippen LogP contribution in [0.3, 0.4) is 0 Å². The maximum atomic E-state index is 13.2. The molecule has 0 amide bonds. The number of anilines is 1. The van der Waals surface area contributed by atoms with Crippen molar-refractivity contribution in [1.29, 1.82) is 0 Å². The zero-order valence-corrected chi connectivity index (χ0v) is 15.4. The number of hydrogen-bond acceptors (Lipinski definition) is 5. The smallest absolute Gasteiger partial charge is 0.416 e. The molecule has 1 N–H and O–H groups in total. The van der Waals surface area contributed by atoms with Crippen molar-refractivity contribution < 1.29 is 32.2 Å². The third-order valence-electron chi connectivity index (χ3n) is 5.49. The van der Waals surface area contributed by atoms with Crippen molar-refractivity contribution in [2.24, 2.45) is 11.8 Å². The molecule has 0 saturated carbocycles. The number of esters is 2. The van der Waals surface area contributed by atoms with E-state index in [2.05, 4.69) is 5.32 Å². The molecule has 1 saturated heterocycles. The zero-order chi connectivity index (χ0) is 20.8. The molecule has 2 aromatic rings. The normalized spacial score (nSPS) is 25.9. The Bertz CT molecular complexity index is 945. The van der Waals surface area contributed by atoms with Crippen LogP contribution in [-0.2, 0) is 25.2 Å². The zero-order valence-electron chi connectivity index (χ0n) is 15.4. The molecule has 2 aliphatic rings. The van der Waals surface area contributed by atoms with E-state index in [1.807, 2.05) is 30.3 Å². The van der Waals surface area contributed by atoms with Gasteiger partial charge in [0.1, 0.15) is 6.10 Å². The van der Waals surface area contributed by atoms with Crippen LogP contribution in [0.5, 0.6) is 0 Å². The van der Waals surface area contributed by atoms with Gasteiger partial charge in [-0.25, -0.2) is 0 Å². The van der Waals surface area contributed by atoms with E-state index in [4.69, 9.17) is 9.47 Å². The lowest BCUT2D eigenvalue weighted by atomic mass is 9.74. The largest absolute Gasteiger partial charge is 0.468 e. The van der Waals surface area contributed by atoms with Gasteiger partial charge in [0.05, 0.1) is 18.7 Å². The van der Waals surface area contributed by atoms with Crippen LogP contribution in [0.4, 0.5) is 18.9 Å². The molecule has 152 valence electrons. The first-order valence-corrected chi connectivity index (χ1v) is 9.10. The van der Waals surface area contributed by atoms with Gasteiger partial charge in [-0.3, -0.25) is 9.59 Å². The lowest BCUT2D eigenvalue weighted by Gasteiger charge is -2.44. The van der Waals surface area contributed by atoms with Gasteiger partial charge in [-0.2, -0.15) is 13.2 Å². The van der Waals surface area contributed by atoms with Crippen LogP contribution in [0.2, 0.25) is 0 Å². The molecular formula is C21H18F3NO4. The van der Waals surface area contributed by atoms with Crippen molar-refractivity contribution in [2.45, 2.75) is 24.7 Å². The molecule has 5 nitrogen and oxygen atoms in total. The highest BCUT2D eigenvalue weighted by molar-refractivity contribution is 5.95. The summed E-state index contributed by atoms with van der Waals surface area (Å²) >= 11 is 0. The minimum Gasteiger partial charge on any atom is -0.468 e. The number of hydrogen-bond donors (Lipinski definition) is 1. The van der Waals surface area contributed by atoms with Gasteiger partial charge < -0.3 is 14.8 Å². The number of nitrogens with one attached hydrogen (secondary N) is 1. The summed E-state index contributed by atoms with van der Waals surface area (Å²) in [5.41, 5.74) is 0.793. The van der Waals surface area contributed by atoms with Crippen LogP contribution in [-0.4, -0.2) is 19.0 Å². The summed E-state index contributed by atoms with van der Waals surface area (Å²) in [5.74, 6) is -3.04. The van der Waals surface area contributed by atoms with E-state index in [9.17, 15) is 22.8 Å². The molecule has 4 rings (SSSR count). The molecule has 0 bridgehead atoms. The number of benzene rings is 2. The van der Waals surface area contributed by atoms with Crippen LogP contribution in [0.15, 0.2) is 48.5 Å². The average Bonchev–Trinajstić information content (AvgIpc) is 2.71. The topological polar surface area (TPSA) is 64.6 Å². The first-order valence-electron chi connectivity index (χ1n) is 9.10. The van der Waals surface area contributed by atoms with Gasteiger partial charge in [0.25, 0.3) is 0 Å². The van der Waals surface area contributed by atoms with Gasteiger partial charge in [-0.05, 0) is 30.2 Å². The molecule has 0 aliphatic carbocycles. The molecule has 4 atom stereocenters. The Morgan fingerprint density at radius 1 is 1.17 bits per heavy atom. The Morgan fingerprint density at radius 3 is 2.55 bits per heavy atom. The second kappa shape index (κ2) is 7.09. The fourth-order valence-electron chi connectivity index (χ4n) is 4.10. The highest BCUT2D eigenvalue weighted by atomic mass is 19.4. The van der Waals surface area contributed by atoms with Gasteiger partial charge in [-0.1, -0.05) is 30.3 Å². The number of ether oxygens (including phenoxy) is 2. The van der Waals surface area contributed by atoms with Crippen molar-refractivity contribution in [1.82, 2.24) is 0 Å². The highest BCUT2D eigenvalue weighted by Gasteiger charge is 2.49. The van der Waals surface area contributed by atoms with Crippen LogP contribution in [0, 0.1) is 11.8 Å². The number of rotatable bonds is 2. The first kappa shape index (κ1) is 19.3. The second-order valence-electron chi connectivity index (χ2n) is 7.17. The maximum absolute atomic E-state index is 13.2. The Kier molecular flexibility index (Phi) is 4.72. The quantitative estimate of drug-likeness (QED) is 0.597. The Hall–Kier alpha value is -3.03.